The third kappa shape index (κ3) is 3.34. The van der Waals surface area contributed by atoms with Gasteiger partial charge in [0.15, 0.2) is 0 Å². The molecule has 0 saturated heterocycles. The summed E-state index contributed by atoms with van der Waals surface area (Å²) in [7, 11) is 0. The van der Waals surface area contributed by atoms with Crippen molar-refractivity contribution in [1.29, 1.82) is 0 Å². The maximum atomic E-state index is 12.1. The number of carbonyl (C=O) groups excluding carboxylic acids is 1. The first-order valence-corrected chi connectivity index (χ1v) is 7.11. The maximum Gasteiger partial charge on any atom is 0.338 e. The minimum atomic E-state index is -1.12. The number of nitrogens with zero attached hydrogens (tertiary/aromatic N) is 2. The number of carboxylic acid groups (broad SMARTS) is 1. The number of amides is 1. The summed E-state index contributed by atoms with van der Waals surface area (Å²) in [5, 5.41) is 17.3. The molecule has 21 heavy (non-hydrogen) atoms. The molecule has 0 saturated carbocycles. The van der Waals surface area contributed by atoms with Crippen molar-refractivity contribution in [3.63, 3.8) is 0 Å². The number of nitrogens with one attached hydrogen (secondary N) is 1. The van der Waals surface area contributed by atoms with E-state index in [2.05, 4.69) is 10.4 Å². The first-order valence-electron chi connectivity index (χ1n) is 6.23. The van der Waals surface area contributed by atoms with Gasteiger partial charge in [-0.05, 0) is 23.9 Å². The Labute approximate surface area is 123 Å². The van der Waals surface area contributed by atoms with Crippen LogP contribution >= 0.6 is 11.3 Å². The fourth-order valence-electron chi connectivity index (χ4n) is 1.68. The number of carbonyl (C=O) groups is 2. The van der Waals surface area contributed by atoms with Crippen LogP contribution in [-0.4, -0.2) is 26.8 Å². The summed E-state index contributed by atoms with van der Waals surface area (Å²) in [4.78, 5) is 34.6. The zero-order valence-corrected chi connectivity index (χ0v) is 12.0. The lowest BCUT2D eigenvalue weighted by Gasteiger charge is -2.06. The Morgan fingerprint density at radius 3 is 2.81 bits per heavy atom. The maximum absolute atomic E-state index is 12.1. The molecule has 0 unspecified atom stereocenters. The SMILES string of the molecule is CCCn1nc(C(=O)Nc2sccc2C(=O)O)ccc1=O. The molecule has 0 radical (unpaired) electrons. The summed E-state index contributed by atoms with van der Waals surface area (Å²) in [6, 6.07) is 4.00. The van der Waals surface area contributed by atoms with Gasteiger partial charge < -0.3 is 10.4 Å². The van der Waals surface area contributed by atoms with Crippen molar-refractivity contribution in [3.8, 4) is 0 Å². The average molecular weight is 307 g/mol. The van der Waals surface area contributed by atoms with Crippen molar-refractivity contribution in [2.75, 3.05) is 5.32 Å². The number of hydrogen-bond acceptors (Lipinski definition) is 5. The quantitative estimate of drug-likeness (QED) is 0.875. The number of carboxylic acids is 1. The summed E-state index contributed by atoms with van der Waals surface area (Å²) in [5.41, 5.74) is -0.196. The van der Waals surface area contributed by atoms with E-state index in [1.807, 2.05) is 6.92 Å². The van der Waals surface area contributed by atoms with Crippen LogP contribution in [0.1, 0.15) is 34.2 Å². The van der Waals surface area contributed by atoms with Crippen molar-refractivity contribution < 1.29 is 14.7 Å². The van der Waals surface area contributed by atoms with E-state index < -0.39 is 11.9 Å². The van der Waals surface area contributed by atoms with Crippen LogP contribution < -0.4 is 10.9 Å². The van der Waals surface area contributed by atoms with E-state index in [0.29, 0.717) is 13.0 Å². The molecule has 2 aromatic heterocycles. The van der Waals surface area contributed by atoms with Gasteiger partial charge in [0, 0.05) is 12.6 Å². The van der Waals surface area contributed by atoms with Crippen LogP contribution in [0, 0.1) is 0 Å². The lowest BCUT2D eigenvalue weighted by molar-refractivity contribution is 0.0698. The van der Waals surface area contributed by atoms with E-state index in [9.17, 15) is 14.4 Å². The highest BCUT2D eigenvalue weighted by Crippen LogP contribution is 2.23. The van der Waals surface area contributed by atoms with Gasteiger partial charge in [-0.3, -0.25) is 9.59 Å². The van der Waals surface area contributed by atoms with Gasteiger partial charge in [0.2, 0.25) is 0 Å². The fraction of sp³-hybridized carbons (Fsp3) is 0.231. The highest BCUT2D eigenvalue weighted by molar-refractivity contribution is 7.14. The second-order valence-corrected chi connectivity index (χ2v) is 5.12. The monoisotopic (exact) mass is 307 g/mol. The highest BCUT2D eigenvalue weighted by atomic mass is 32.1. The number of aryl methyl sites for hydroxylation is 1. The normalized spacial score (nSPS) is 10.3. The van der Waals surface area contributed by atoms with E-state index in [-0.39, 0.29) is 21.8 Å². The lowest BCUT2D eigenvalue weighted by Crippen LogP contribution is -2.26. The topological polar surface area (TPSA) is 101 Å². The van der Waals surface area contributed by atoms with Gasteiger partial charge in [0.25, 0.3) is 11.5 Å². The van der Waals surface area contributed by atoms with Gasteiger partial charge in [-0.1, -0.05) is 6.92 Å². The Morgan fingerprint density at radius 2 is 2.14 bits per heavy atom. The van der Waals surface area contributed by atoms with Crippen LogP contribution in [-0.2, 0) is 6.54 Å². The molecule has 0 aliphatic carbocycles. The van der Waals surface area contributed by atoms with Gasteiger partial charge in [-0.25, -0.2) is 9.48 Å². The molecule has 7 nitrogen and oxygen atoms in total. The van der Waals surface area contributed by atoms with Crippen molar-refractivity contribution in [3.05, 3.63) is 45.2 Å². The van der Waals surface area contributed by atoms with Gasteiger partial charge >= 0.3 is 5.97 Å². The summed E-state index contributed by atoms with van der Waals surface area (Å²) in [6.07, 6.45) is 0.714. The molecular formula is C13H13N3O4S. The Hall–Kier alpha value is -2.48. The number of aromatic carboxylic acids is 1. The third-order valence-corrected chi connectivity index (χ3v) is 3.49. The van der Waals surface area contributed by atoms with Crippen molar-refractivity contribution in [2.45, 2.75) is 19.9 Å². The van der Waals surface area contributed by atoms with Gasteiger partial charge in [-0.15, -0.1) is 11.3 Å². The molecule has 1 amide bonds. The van der Waals surface area contributed by atoms with Crippen LogP contribution in [0.5, 0.6) is 0 Å². The molecule has 110 valence electrons. The Balaban J connectivity index is 2.24. The van der Waals surface area contributed by atoms with Crippen LogP contribution in [0.2, 0.25) is 0 Å². The van der Waals surface area contributed by atoms with Crippen molar-refractivity contribution >= 4 is 28.2 Å². The molecule has 0 bridgehead atoms. The summed E-state index contributed by atoms with van der Waals surface area (Å²) in [6.45, 7) is 2.31. The predicted molar refractivity (Wildman–Crippen MR) is 78.0 cm³/mol. The second kappa shape index (κ2) is 6.31. The van der Waals surface area contributed by atoms with Crippen molar-refractivity contribution in [1.82, 2.24) is 9.78 Å². The Bertz CT molecular complexity index is 735. The molecule has 0 aliphatic heterocycles. The number of anilines is 1. The molecule has 2 aromatic rings. The van der Waals surface area contributed by atoms with E-state index in [0.717, 1.165) is 11.3 Å². The molecule has 0 aliphatic rings. The standard InChI is InChI=1S/C13H13N3O4S/c1-2-6-16-10(17)4-3-9(15-16)11(18)14-12-8(13(19)20)5-7-21-12/h3-5,7H,2,6H2,1H3,(H,14,18)(H,19,20). The van der Waals surface area contributed by atoms with Crippen LogP contribution in [0.3, 0.4) is 0 Å². The zero-order chi connectivity index (χ0) is 15.4. The van der Waals surface area contributed by atoms with Crippen LogP contribution in [0.4, 0.5) is 5.00 Å². The highest BCUT2D eigenvalue weighted by Gasteiger charge is 2.16. The predicted octanol–water partition coefficient (Wildman–Crippen LogP) is 1.67. The smallest absolute Gasteiger partial charge is 0.338 e. The molecule has 0 atom stereocenters. The van der Waals surface area contributed by atoms with Gasteiger partial charge in [0.05, 0.1) is 5.56 Å². The summed E-state index contributed by atoms with van der Waals surface area (Å²) < 4.78 is 1.21. The number of hydrogen-bond donors (Lipinski definition) is 2. The molecule has 2 N–H and O–H groups in total. The Morgan fingerprint density at radius 1 is 1.38 bits per heavy atom. The van der Waals surface area contributed by atoms with Crippen molar-refractivity contribution in [2.24, 2.45) is 0 Å². The molecular weight excluding hydrogens is 294 g/mol. The number of aromatic nitrogens is 2. The average Bonchev–Trinajstić information content (AvgIpc) is 2.89. The molecule has 0 aromatic carbocycles. The summed E-state index contributed by atoms with van der Waals surface area (Å²) in [5.74, 6) is -1.67. The van der Waals surface area contributed by atoms with Crippen LogP contribution in [0.15, 0.2) is 28.4 Å². The molecule has 2 rings (SSSR count). The van der Waals surface area contributed by atoms with Gasteiger partial charge in [-0.2, -0.15) is 5.10 Å². The first-order chi connectivity index (χ1) is 10.0. The molecule has 0 fully saturated rings. The molecule has 8 heteroatoms. The van der Waals surface area contributed by atoms with E-state index in [1.54, 1.807) is 5.38 Å². The minimum absolute atomic E-state index is 0.0234. The lowest BCUT2D eigenvalue weighted by atomic mass is 10.3. The van der Waals surface area contributed by atoms with E-state index in [4.69, 9.17) is 5.11 Å². The number of rotatable bonds is 5. The molecule has 2 heterocycles. The largest absolute Gasteiger partial charge is 0.478 e. The number of thiophene rings is 1. The second-order valence-electron chi connectivity index (χ2n) is 4.20. The zero-order valence-electron chi connectivity index (χ0n) is 11.2. The van der Waals surface area contributed by atoms with E-state index in [1.165, 1.54) is 22.9 Å². The fourth-order valence-corrected chi connectivity index (χ4v) is 2.46. The summed E-state index contributed by atoms with van der Waals surface area (Å²) >= 11 is 1.11. The minimum Gasteiger partial charge on any atom is -0.478 e. The van der Waals surface area contributed by atoms with Crippen LogP contribution in [0.25, 0.3) is 0 Å². The van der Waals surface area contributed by atoms with Gasteiger partial charge in [0.1, 0.15) is 10.7 Å². The molecule has 0 spiro atoms. The Kier molecular flexibility index (Phi) is 4.49. The third-order valence-electron chi connectivity index (χ3n) is 2.66. The first kappa shape index (κ1) is 14.9. The van der Waals surface area contributed by atoms with E-state index >= 15 is 0 Å².